The molecule has 2 N–H and O–H groups in total. The van der Waals surface area contributed by atoms with Gasteiger partial charge in [0.25, 0.3) is 0 Å². The van der Waals surface area contributed by atoms with Gasteiger partial charge in [0.05, 0.1) is 13.3 Å². The molecule has 2 aromatic rings. The molecule has 0 unspecified atom stereocenters. The number of methoxy groups -OCH3 is 1. The van der Waals surface area contributed by atoms with E-state index in [1.54, 1.807) is 43.3 Å². The molecule has 2 amide bonds. The molecule has 0 atom stereocenters. The summed E-state index contributed by atoms with van der Waals surface area (Å²) >= 11 is 5.97. The molecule has 0 fully saturated rings. The van der Waals surface area contributed by atoms with Crippen LogP contribution in [0.1, 0.15) is 11.1 Å². The lowest BCUT2D eigenvalue weighted by molar-refractivity contribution is -0.136. The van der Waals surface area contributed by atoms with Crippen LogP contribution in [0.3, 0.4) is 0 Å². The van der Waals surface area contributed by atoms with E-state index >= 15 is 0 Å². The lowest BCUT2D eigenvalue weighted by Crippen LogP contribution is -2.32. The summed E-state index contributed by atoms with van der Waals surface area (Å²) in [6.07, 6.45) is 1.40. The third kappa shape index (κ3) is 4.33. The fourth-order valence-electron chi connectivity index (χ4n) is 1.91. The second-order valence-electron chi connectivity index (χ2n) is 4.81. The van der Waals surface area contributed by atoms with Crippen LogP contribution in [0.25, 0.3) is 0 Å². The van der Waals surface area contributed by atoms with Crippen molar-refractivity contribution in [3.8, 4) is 5.75 Å². The number of carbonyl (C=O) groups excluding carboxylic acids is 2. The maximum Gasteiger partial charge on any atom is 0.329 e. The molecule has 0 aromatic heterocycles. The summed E-state index contributed by atoms with van der Waals surface area (Å²) in [5.41, 5.74) is 3.99. The Morgan fingerprint density at radius 2 is 1.88 bits per heavy atom. The first-order valence-corrected chi connectivity index (χ1v) is 7.43. The Labute approximate surface area is 144 Å². The third-order valence-electron chi connectivity index (χ3n) is 3.23. The molecule has 7 heteroatoms. The number of halogens is 1. The first-order chi connectivity index (χ1) is 11.5. The van der Waals surface area contributed by atoms with Crippen molar-refractivity contribution in [3.05, 3.63) is 58.6 Å². The standard InChI is InChI=1S/C17H16ClN3O3/c1-11-13(18)7-5-8-14(11)20-16(22)17(23)21-19-10-12-6-3-4-9-15(12)24-2/h3-10H,1-2H3,(H,20,22)(H,21,23)/b19-10+. The number of hydrazone groups is 1. The molecule has 0 aliphatic heterocycles. The zero-order valence-electron chi connectivity index (χ0n) is 13.2. The van der Waals surface area contributed by atoms with Crippen LogP contribution in [0.15, 0.2) is 47.6 Å². The minimum absolute atomic E-state index is 0.469. The first kappa shape index (κ1) is 17.5. The van der Waals surface area contributed by atoms with E-state index in [2.05, 4.69) is 15.8 Å². The van der Waals surface area contributed by atoms with Crippen molar-refractivity contribution >= 4 is 35.3 Å². The highest BCUT2D eigenvalue weighted by Gasteiger charge is 2.14. The number of ether oxygens (including phenoxy) is 1. The molecule has 24 heavy (non-hydrogen) atoms. The van der Waals surface area contributed by atoms with Crippen LogP contribution in [-0.2, 0) is 9.59 Å². The molecule has 6 nitrogen and oxygen atoms in total. The second-order valence-corrected chi connectivity index (χ2v) is 5.21. The van der Waals surface area contributed by atoms with Crippen molar-refractivity contribution in [1.82, 2.24) is 5.43 Å². The lowest BCUT2D eigenvalue weighted by Gasteiger charge is -2.08. The van der Waals surface area contributed by atoms with Crippen molar-refractivity contribution in [1.29, 1.82) is 0 Å². The molecule has 124 valence electrons. The average Bonchev–Trinajstić information content (AvgIpc) is 2.59. The van der Waals surface area contributed by atoms with Crippen molar-refractivity contribution in [2.24, 2.45) is 5.10 Å². The summed E-state index contributed by atoms with van der Waals surface area (Å²) < 4.78 is 5.16. The van der Waals surface area contributed by atoms with Crippen LogP contribution in [0.5, 0.6) is 5.75 Å². The summed E-state index contributed by atoms with van der Waals surface area (Å²) in [5.74, 6) is -1.12. The number of nitrogens with one attached hydrogen (secondary N) is 2. The number of para-hydroxylation sites is 1. The smallest absolute Gasteiger partial charge is 0.329 e. The maximum absolute atomic E-state index is 11.9. The summed E-state index contributed by atoms with van der Waals surface area (Å²) in [6, 6.07) is 12.2. The van der Waals surface area contributed by atoms with Crippen molar-refractivity contribution < 1.29 is 14.3 Å². The van der Waals surface area contributed by atoms with Crippen LogP contribution in [0.4, 0.5) is 5.69 Å². The second kappa shape index (κ2) is 8.12. The monoisotopic (exact) mass is 345 g/mol. The average molecular weight is 346 g/mol. The van der Waals surface area contributed by atoms with E-state index in [1.807, 2.05) is 6.07 Å². The van der Waals surface area contributed by atoms with Crippen LogP contribution >= 0.6 is 11.6 Å². The zero-order chi connectivity index (χ0) is 17.5. The highest BCUT2D eigenvalue weighted by molar-refractivity contribution is 6.40. The minimum Gasteiger partial charge on any atom is -0.496 e. The molecule has 0 aliphatic rings. The molecule has 0 saturated heterocycles. The molecule has 2 aromatic carbocycles. The minimum atomic E-state index is -0.888. The Morgan fingerprint density at radius 3 is 2.62 bits per heavy atom. The number of anilines is 1. The van der Waals surface area contributed by atoms with Gasteiger partial charge in [0.1, 0.15) is 5.75 Å². The Balaban J connectivity index is 1.98. The van der Waals surface area contributed by atoms with Gasteiger partial charge in [-0.3, -0.25) is 9.59 Å². The van der Waals surface area contributed by atoms with Gasteiger partial charge in [-0.05, 0) is 36.8 Å². The summed E-state index contributed by atoms with van der Waals surface area (Å²) in [4.78, 5) is 23.7. The molecular formula is C17H16ClN3O3. The van der Waals surface area contributed by atoms with E-state index < -0.39 is 11.8 Å². The van der Waals surface area contributed by atoms with Crippen LogP contribution in [-0.4, -0.2) is 25.1 Å². The van der Waals surface area contributed by atoms with E-state index in [9.17, 15) is 9.59 Å². The van der Waals surface area contributed by atoms with Gasteiger partial charge in [0.2, 0.25) is 0 Å². The van der Waals surface area contributed by atoms with Crippen LogP contribution in [0, 0.1) is 6.92 Å². The Kier molecular flexibility index (Phi) is 5.92. The van der Waals surface area contributed by atoms with Gasteiger partial charge in [-0.1, -0.05) is 29.8 Å². The summed E-state index contributed by atoms with van der Waals surface area (Å²) in [5, 5.41) is 6.75. The zero-order valence-corrected chi connectivity index (χ0v) is 13.9. The van der Waals surface area contributed by atoms with Crippen molar-refractivity contribution in [3.63, 3.8) is 0 Å². The summed E-state index contributed by atoms with van der Waals surface area (Å²) in [7, 11) is 1.53. The predicted octanol–water partition coefficient (Wildman–Crippen LogP) is 2.75. The molecule has 0 heterocycles. The first-order valence-electron chi connectivity index (χ1n) is 7.05. The van der Waals surface area contributed by atoms with Gasteiger partial charge < -0.3 is 10.1 Å². The highest BCUT2D eigenvalue weighted by atomic mass is 35.5. The molecule has 0 bridgehead atoms. The molecular weight excluding hydrogens is 330 g/mol. The Hall–Kier alpha value is -2.86. The SMILES string of the molecule is COc1ccccc1/C=N/NC(=O)C(=O)Nc1cccc(Cl)c1C. The number of carbonyl (C=O) groups is 2. The van der Waals surface area contributed by atoms with Gasteiger partial charge in [0, 0.05) is 16.3 Å². The van der Waals surface area contributed by atoms with Gasteiger partial charge in [-0.15, -0.1) is 0 Å². The lowest BCUT2D eigenvalue weighted by atomic mass is 10.2. The Morgan fingerprint density at radius 1 is 1.12 bits per heavy atom. The van der Waals surface area contributed by atoms with Gasteiger partial charge in [-0.2, -0.15) is 5.10 Å². The molecule has 0 spiro atoms. The number of hydrogen-bond donors (Lipinski definition) is 2. The number of hydrogen-bond acceptors (Lipinski definition) is 4. The molecule has 0 saturated carbocycles. The fourth-order valence-corrected chi connectivity index (χ4v) is 2.08. The number of amides is 2. The van der Waals surface area contributed by atoms with E-state index in [1.165, 1.54) is 13.3 Å². The number of nitrogens with zero attached hydrogens (tertiary/aromatic N) is 1. The molecule has 0 aliphatic carbocycles. The molecule has 0 radical (unpaired) electrons. The predicted molar refractivity (Wildman–Crippen MR) is 93.5 cm³/mol. The van der Waals surface area contributed by atoms with Crippen molar-refractivity contribution in [2.75, 3.05) is 12.4 Å². The topological polar surface area (TPSA) is 79.8 Å². The van der Waals surface area contributed by atoms with E-state index in [0.717, 1.165) is 0 Å². The normalized spacial score (nSPS) is 10.5. The number of rotatable bonds is 4. The number of benzene rings is 2. The van der Waals surface area contributed by atoms with Crippen LogP contribution < -0.4 is 15.5 Å². The van der Waals surface area contributed by atoms with Gasteiger partial charge >= 0.3 is 11.8 Å². The summed E-state index contributed by atoms with van der Waals surface area (Å²) in [6.45, 7) is 1.75. The largest absolute Gasteiger partial charge is 0.496 e. The Bertz CT molecular complexity index is 790. The van der Waals surface area contributed by atoms with Crippen molar-refractivity contribution in [2.45, 2.75) is 6.92 Å². The fraction of sp³-hybridized carbons (Fsp3) is 0.118. The highest BCUT2D eigenvalue weighted by Crippen LogP contribution is 2.22. The van der Waals surface area contributed by atoms with Gasteiger partial charge in [0.15, 0.2) is 0 Å². The third-order valence-corrected chi connectivity index (χ3v) is 3.64. The quantitative estimate of drug-likeness (QED) is 0.508. The van der Waals surface area contributed by atoms with Gasteiger partial charge in [-0.25, -0.2) is 5.43 Å². The van der Waals surface area contributed by atoms with Crippen LogP contribution in [0.2, 0.25) is 5.02 Å². The van der Waals surface area contributed by atoms with E-state index in [4.69, 9.17) is 16.3 Å². The van der Waals surface area contributed by atoms with E-state index in [-0.39, 0.29) is 0 Å². The maximum atomic E-state index is 11.9. The molecule has 2 rings (SSSR count). The van der Waals surface area contributed by atoms with E-state index in [0.29, 0.717) is 27.6 Å².